The summed E-state index contributed by atoms with van der Waals surface area (Å²) < 4.78 is 2.12. The van der Waals surface area contributed by atoms with Gasteiger partial charge in [-0.15, -0.1) is 0 Å². The van der Waals surface area contributed by atoms with Crippen LogP contribution in [0.5, 0.6) is 0 Å². The van der Waals surface area contributed by atoms with Gasteiger partial charge in [-0.1, -0.05) is 44.2 Å². The van der Waals surface area contributed by atoms with E-state index in [1.807, 2.05) is 30.3 Å². The Morgan fingerprint density at radius 3 is 2.47 bits per heavy atom. The molecule has 6 heteroatoms. The number of nitrogens with two attached hydrogens (primary N) is 1. The number of rotatable bonds is 7. The molecule has 0 radical (unpaired) electrons. The first kappa shape index (κ1) is 22.5. The quantitative estimate of drug-likeness (QED) is 0.589. The minimum Gasteiger partial charge on any atom is -0.480 e. The molecule has 1 aliphatic heterocycles. The SMILES string of the molecule is CCc1ccc(CC(N)(C(=O)O)c2nc3ccccc3n2C2CCN(C)CC2)cc1CC. The lowest BCUT2D eigenvalue weighted by molar-refractivity contribution is -0.144. The van der Waals surface area contributed by atoms with Crippen LogP contribution in [0.2, 0.25) is 0 Å². The highest BCUT2D eigenvalue weighted by Gasteiger charge is 2.42. The minimum atomic E-state index is -1.61. The first-order valence-corrected chi connectivity index (χ1v) is 11.7. The number of piperidine rings is 1. The second kappa shape index (κ2) is 9.04. The molecule has 170 valence electrons. The number of carbonyl (C=O) groups is 1. The molecule has 0 bridgehead atoms. The normalized spacial score (nSPS) is 17.5. The Labute approximate surface area is 190 Å². The number of nitrogens with zero attached hydrogens (tertiary/aromatic N) is 3. The van der Waals surface area contributed by atoms with Crippen LogP contribution < -0.4 is 5.73 Å². The minimum absolute atomic E-state index is 0.185. The van der Waals surface area contributed by atoms with Gasteiger partial charge in [-0.25, -0.2) is 9.78 Å². The van der Waals surface area contributed by atoms with Crippen molar-refractivity contribution >= 4 is 17.0 Å². The van der Waals surface area contributed by atoms with Crippen LogP contribution in [0.1, 0.15) is 55.2 Å². The molecule has 2 aromatic carbocycles. The van der Waals surface area contributed by atoms with Crippen molar-refractivity contribution in [2.45, 2.75) is 57.5 Å². The van der Waals surface area contributed by atoms with E-state index in [-0.39, 0.29) is 12.5 Å². The van der Waals surface area contributed by atoms with Crippen molar-refractivity contribution in [1.29, 1.82) is 0 Å². The van der Waals surface area contributed by atoms with Crippen molar-refractivity contribution in [1.82, 2.24) is 14.5 Å². The maximum absolute atomic E-state index is 12.7. The Bertz CT molecular complexity index is 1110. The van der Waals surface area contributed by atoms with Crippen LogP contribution in [0.25, 0.3) is 11.0 Å². The fraction of sp³-hybridized carbons (Fsp3) is 0.462. The summed E-state index contributed by atoms with van der Waals surface area (Å²) in [5, 5.41) is 10.4. The van der Waals surface area contributed by atoms with E-state index in [4.69, 9.17) is 10.7 Å². The summed E-state index contributed by atoms with van der Waals surface area (Å²) in [4.78, 5) is 19.8. The van der Waals surface area contributed by atoms with Gasteiger partial charge in [0.15, 0.2) is 5.54 Å². The van der Waals surface area contributed by atoms with E-state index in [0.717, 1.165) is 55.4 Å². The van der Waals surface area contributed by atoms with Gasteiger partial charge >= 0.3 is 5.97 Å². The molecule has 1 saturated heterocycles. The smallest absolute Gasteiger partial charge is 0.331 e. The topological polar surface area (TPSA) is 84.4 Å². The number of fused-ring (bicyclic) bond motifs is 1. The fourth-order valence-electron chi connectivity index (χ4n) is 5.02. The number of aromatic nitrogens is 2. The number of carboxylic acid groups (broad SMARTS) is 1. The van der Waals surface area contributed by atoms with E-state index in [0.29, 0.717) is 5.82 Å². The fourth-order valence-corrected chi connectivity index (χ4v) is 5.02. The van der Waals surface area contributed by atoms with Crippen LogP contribution in [0, 0.1) is 0 Å². The van der Waals surface area contributed by atoms with Crippen molar-refractivity contribution in [3.05, 3.63) is 65.0 Å². The van der Waals surface area contributed by atoms with Gasteiger partial charge in [-0.3, -0.25) is 0 Å². The van der Waals surface area contributed by atoms with E-state index in [1.54, 1.807) is 0 Å². The molecule has 4 rings (SSSR count). The lowest BCUT2D eigenvalue weighted by Crippen LogP contribution is -2.49. The zero-order valence-corrected chi connectivity index (χ0v) is 19.3. The summed E-state index contributed by atoms with van der Waals surface area (Å²) in [7, 11) is 2.12. The Balaban J connectivity index is 1.82. The molecule has 1 aromatic heterocycles. The summed E-state index contributed by atoms with van der Waals surface area (Å²) in [6, 6.07) is 14.3. The molecule has 32 heavy (non-hydrogen) atoms. The molecule has 0 saturated carbocycles. The predicted molar refractivity (Wildman–Crippen MR) is 128 cm³/mol. The number of imidazole rings is 1. The molecule has 1 unspecified atom stereocenters. The molecule has 3 N–H and O–H groups in total. The van der Waals surface area contributed by atoms with E-state index in [1.165, 1.54) is 11.1 Å². The van der Waals surface area contributed by atoms with Gasteiger partial charge in [-0.05, 0) is 74.6 Å². The number of para-hydroxylation sites is 2. The van der Waals surface area contributed by atoms with Crippen molar-refractivity contribution in [3.63, 3.8) is 0 Å². The Kier molecular flexibility index (Phi) is 6.35. The molecule has 6 nitrogen and oxygen atoms in total. The Morgan fingerprint density at radius 2 is 1.81 bits per heavy atom. The third-order valence-corrected chi connectivity index (χ3v) is 6.95. The molecule has 3 aromatic rings. The van der Waals surface area contributed by atoms with Crippen molar-refractivity contribution in [2.75, 3.05) is 20.1 Å². The predicted octanol–water partition coefficient (Wildman–Crippen LogP) is 3.91. The number of aryl methyl sites for hydroxylation is 2. The maximum Gasteiger partial charge on any atom is 0.331 e. The van der Waals surface area contributed by atoms with Gasteiger partial charge < -0.3 is 20.3 Å². The molecular formula is C26H34N4O2. The van der Waals surface area contributed by atoms with Crippen LogP contribution in [0.3, 0.4) is 0 Å². The monoisotopic (exact) mass is 434 g/mol. The largest absolute Gasteiger partial charge is 0.480 e. The van der Waals surface area contributed by atoms with Gasteiger partial charge in [-0.2, -0.15) is 0 Å². The number of benzene rings is 2. The maximum atomic E-state index is 12.7. The summed E-state index contributed by atoms with van der Waals surface area (Å²) >= 11 is 0. The summed E-state index contributed by atoms with van der Waals surface area (Å²) in [6.45, 7) is 6.21. The van der Waals surface area contributed by atoms with Gasteiger partial charge in [0.2, 0.25) is 0 Å². The zero-order chi connectivity index (χ0) is 22.9. The van der Waals surface area contributed by atoms with Crippen LogP contribution in [0.15, 0.2) is 42.5 Å². The molecule has 0 aliphatic carbocycles. The van der Waals surface area contributed by atoms with Crippen molar-refractivity contribution in [3.8, 4) is 0 Å². The molecule has 0 spiro atoms. The number of likely N-dealkylation sites (tertiary alicyclic amines) is 1. The standard InChI is InChI=1S/C26H34N4O2/c1-4-19-11-10-18(16-20(19)5-2)17-26(27,25(31)32)24-28-22-8-6-7-9-23(22)30(24)21-12-14-29(3)15-13-21/h6-11,16,21H,4-5,12-15,17,27H2,1-3H3,(H,31,32). The highest BCUT2D eigenvalue weighted by Crippen LogP contribution is 2.34. The summed E-state index contributed by atoms with van der Waals surface area (Å²) in [6.07, 6.45) is 3.97. The lowest BCUT2D eigenvalue weighted by Gasteiger charge is -2.34. The van der Waals surface area contributed by atoms with Gasteiger partial charge in [0, 0.05) is 12.5 Å². The third-order valence-electron chi connectivity index (χ3n) is 6.95. The van der Waals surface area contributed by atoms with E-state index >= 15 is 0 Å². The molecule has 1 atom stereocenters. The average molecular weight is 435 g/mol. The second-order valence-corrected chi connectivity index (χ2v) is 9.09. The molecule has 1 fully saturated rings. The number of aliphatic carboxylic acids is 1. The first-order valence-electron chi connectivity index (χ1n) is 11.7. The molecule has 1 aliphatic rings. The van der Waals surface area contributed by atoms with Crippen LogP contribution in [-0.4, -0.2) is 45.7 Å². The average Bonchev–Trinajstić information content (AvgIpc) is 3.19. The number of hydrogen-bond acceptors (Lipinski definition) is 4. The van der Waals surface area contributed by atoms with Crippen LogP contribution in [0.4, 0.5) is 0 Å². The molecular weight excluding hydrogens is 400 g/mol. The van der Waals surface area contributed by atoms with E-state index < -0.39 is 11.5 Å². The van der Waals surface area contributed by atoms with Gasteiger partial charge in [0.25, 0.3) is 0 Å². The lowest BCUT2D eigenvalue weighted by atomic mass is 9.88. The van der Waals surface area contributed by atoms with Crippen LogP contribution in [-0.2, 0) is 29.6 Å². The second-order valence-electron chi connectivity index (χ2n) is 9.09. The van der Waals surface area contributed by atoms with Gasteiger partial charge in [0.05, 0.1) is 11.0 Å². The zero-order valence-electron chi connectivity index (χ0n) is 19.3. The van der Waals surface area contributed by atoms with E-state index in [2.05, 4.69) is 42.5 Å². The Morgan fingerprint density at radius 1 is 1.12 bits per heavy atom. The summed E-state index contributed by atoms with van der Waals surface area (Å²) in [5.41, 5.74) is 10.4. The number of hydrogen-bond donors (Lipinski definition) is 2. The highest BCUT2D eigenvalue weighted by atomic mass is 16.4. The van der Waals surface area contributed by atoms with Crippen molar-refractivity contribution < 1.29 is 9.90 Å². The summed E-state index contributed by atoms with van der Waals surface area (Å²) in [5.74, 6) is -0.585. The van der Waals surface area contributed by atoms with Gasteiger partial charge in [0.1, 0.15) is 5.82 Å². The Hall–Kier alpha value is -2.70. The number of carboxylic acids is 1. The third kappa shape index (κ3) is 4.05. The molecule has 2 heterocycles. The first-order chi connectivity index (χ1) is 15.4. The van der Waals surface area contributed by atoms with Crippen LogP contribution >= 0.6 is 0 Å². The molecule has 0 amide bonds. The van der Waals surface area contributed by atoms with Crippen molar-refractivity contribution in [2.24, 2.45) is 5.73 Å². The highest BCUT2D eigenvalue weighted by molar-refractivity contribution is 5.83. The van der Waals surface area contributed by atoms with E-state index in [9.17, 15) is 9.90 Å².